The number of nitrogens with zero attached hydrogens (tertiary/aromatic N) is 2. The second-order valence-electron chi connectivity index (χ2n) is 5.20. The van der Waals surface area contributed by atoms with Gasteiger partial charge in [-0.2, -0.15) is 13.2 Å². The summed E-state index contributed by atoms with van der Waals surface area (Å²) in [6.45, 7) is 0. The molecule has 26 heavy (non-hydrogen) atoms. The van der Waals surface area contributed by atoms with Crippen molar-refractivity contribution >= 4 is 46.5 Å². The van der Waals surface area contributed by atoms with Gasteiger partial charge in [-0.3, -0.25) is 0 Å². The van der Waals surface area contributed by atoms with Crippen molar-refractivity contribution in [2.24, 2.45) is 0 Å². The summed E-state index contributed by atoms with van der Waals surface area (Å²) in [7, 11) is 0. The van der Waals surface area contributed by atoms with Crippen LogP contribution < -0.4 is 5.32 Å². The van der Waals surface area contributed by atoms with Gasteiger partial charge in [0.1, 0.15) is 0 Å². The minimum Gasteiger partial charge on any atom is -0.408 e. The number of halogens is 6. The monoisotopic (exact) mass is 421 g/mol. The Morgan fingerprint density at radius 2 is 1.65 bits per heavy atom. The molecule has 0 saturated heterocycles. The average molecular weight is 423 g/mol. The predicted molar refractivity (Wildman–Crippen MR) is 93.3 cm³/mol. The number of anilines is 2. The average Bonchev–Trinajstić information content (AvgIpc) is 2.99. The summed E-state index contributed by atoms with van der Waals surface area (Å²) in [5.41, 5.74) is -0.253. The lowest BCUT2D eigenvalue weighted by Crippen LogP contribution is -2.06. The Bertz CT molecular complexity index is 924. The molecule has 0 atom stereocenters. The molecule has 1 heterocycles. The van der Waals surface area contributed by atoms with E-state index in [0.717, 1.165) is 12.1 Å². The fourth-order valence-electron chi connectivity index (χ4n) is 2.17. The van der Waals surface area contributed by atoms with Crippen LogP contribution >= 0.6 is 34.8 Å². The molecule has 0 aliphatic heterocycles. The molecule has 10 heteroatoms. The highest BCUT2D eigenvalue weighted by molar-refractivity contribution is 6.36. The quantitative estimate of drug-likeness (QED) is 0.530. The zero-order chi connectivity index (χ0) is 18.9. The SMILES string of the molecule is FC(F)(F)c1cc(Nc2nnc(Cc3c(Cl)cccc3Cl)o2)ccc1Cl. The summed E-state index contributed by atoms with van der Waals surface area (Å²) in [5.74, 6) is 0.201. The highest BCUT2D eigenvalue weighted by Gasteiger charge is 2.33. The van der Waals surface area contributed by atoms with Crippen molar-refractivity contribution in [2.75, 3.05) is 5.32 Å². The Morgan fingerprint density at radius 3 is 2.31 bits per heavy atom. The van der Waals surface area contributed by atoms with Crippen LogP contribution in [0.25, 0.3) is 0 Å². The third kappa shape index (κ3) is 4.23. The van der Waals surface area contributed by atoms with Crippen molar-refractivity contribution in [3.05, 3.63) is 68.5 Å². The minimum absolute atomic E-state index is 0.0707. The first kappa shape index (κ1) is 18.8. The second-order valence-corrected chi connectivity index (χ2v) is 6.42. The number of alkyl halides is 3. The molecule has 0 fully saturated rings. The zero-order valence-corrected chi connectivity index (χ0v) is 15.0. The van der Waals surface area contributed by atoms with Gasteiger partial charge in [-0.05, 0) is 35.9 Å². The fourth-order valence-corrected chi connectivity index (χ4v) is 2.93. The van der Waals surface area contributed by atoms with E-state index in [-0.39, 0.29) is 24.0 Å². The molecule has 0 saturated carbocycles. The van der Waals surface area contributed by atoms with Crippen molar-refractivity contribution in [3.8, 4) is 0 Å². The molecule has 4 nitrogen and oxygen atoms in total. The molecule has 136 valence electrons. The normalized spacial score (nSPS) is 11.6. The van der Waals surface area contributed by atoms with Crippen LogP contribution in [0.4, 0.5) is 24.9 Å². The molecular weight excluding hydrogens is 414 g/mol. The first-order chi connectivity index (χ1) is 12.2. The third-order valence-electron chi connectivity index (χ3n) is 3.38. The Kier molecular flexibility index (Phi) is 5.32. The summed E-state index contributed by atoms with van der Waals surface area (Å²) >= 11 is 17.7. The summed E-state index contributed by atoms with van der Waals surface area (Å²) in [4.78, 5) is 0. The molecule has 0 unspecified atom stereocenters. The third-order valence-corrected chi connectivity index (χ3v) is 4.42. The lowest BCUT2D eigenvalue weighted by molar-refractivity contribution is -0.137. The highest BCUT2D eigenvalue weighted by atomic mass is 35.5. The van der Waals surface area contributed by atoms with E-state index in [0.29, 0.717) is 15.6 Å². The minimum atomic E-state index is -4.57. The van der Waals surface area contributed by atoms with Crippen LogP contribution in [0, 0.1) is 0 Å². The number of rotatable bonds is 4. The number of nitrogens with one attached hydrogen (secondary N) is 1. The van der Waals surface area contributed by atoms with Crippen LogP contribution in [-0.2, 0) is 12.6 Å². The molecule has 0 spiro atoms. The molecule has 0 radical (unpaired) electrons. The molecule has 0 bridgehead atoms. The lowest BCUT2D eigenvalue weighted by atomic mass is 10.1. The fraction of sp³-hybridized carbons (Fsp3) is 0.125. The Labute approximate surface area is 160 Å². The van der Waals surface area contributed by atoms with Crippen LogP contribution in [-0.4, -0.2) is 10.2 Å². The van der Waals surface area contributed by atoms with Crippen LogP contribution in [0.15, 0.2) is 40.8 Å². The van der Waals surface area contributed by atoms with E-state index in [4.69, 9.17) is 39.2 Å². The number of benzene rings is 2. The highest BCUT2D eigenvalue weighted by Crippen LogP contribution is 2.36. The predicted octanol–water partition coefficient (Wildman–Crippen LogP) is 6.38. The van der Waals surface area contributed by atoms with E-state index >= 15 is 0 Å². The summed E-state index contributed by atoms with van der Waals surface area (Å²) in [5, 5.41) is 10.7. The van der Waals surface area contributed by atoms with Crippen LogP contribution in [0.1, 0.15) is 17.0 Å². The van der Waals surface area contributed by atoms with Gasteiger partial charge in [0.15, 0.2) is 0 Å². The van der Waals surface area contributed by atoms with Gasteiger partial charge in [-0.25, -0.2) is 0 Å². The molecular formula is C16H9Cl3F3N3O. The van der Waals surface area contributed by atoms with Crippen molar-refractivity contribution in [3.63, 3.8) is 0 Å². The first-order valence-electron chi connectivity index (χ1n) is 7.13. The summed E-state index contributed by atoms with van der Waals surface area (Å²) < 4.78 is 44.1. The van der Waals surface area contributed by atoms with Gasteiger partial charge in [0.2, 0.25) is 5.89 Å². The smallest absolute Gasteiger partial charge is 0.408 e. The summed E-state index contributed by atoms with van der Waals surface area (Å²) in [6, 6.07) is 8.33. The number of aromatic nitrogens is 2. The Hall–Kier alpha value is -1.96. The number of hydrogen-bond acceptors (Lipinski definition) is 4. The summed E-state index contributed by atoms with van der Waals surface area (Å²) in [6.07, 6.45) is -4.39. The maximum atomic E-state index is 12.9. The topological polar surface area (TPSA) is 51.0 Å². The van der Waals surface area contributed by atoms with Crippen LogP contribution in [0.5, 0.6) is 0 Å². The second kappa shape index (κ2) is 7.34. The molecule has 2 aromatic carbocycles. The van der Waals surface area contributed by atoms with Gasteiger partial charge in [0.25, 0.3) is 0 Å². The van der Waals surface area contributed by atoms with Crippen LogP contribution in [0.2, 0.25) is 15.1 Å². The standard InChI is InChI=1S/C16H9Cl3F3N3O/c17-11-2-1-3-12(18)9(11)7-14-24-25-15(26-14)23-8-4-5-13(19)10(6-8)16(20,21)22/h1-6H,7H2,(H,23,25). The molecule has 1 aromatic heterocycles. The van der Waals surface area contributed by atoms with Gasteiger partial charge in [-0.15, -0.1) is 5.10 Å². The van der Waals surface area contributed by atoms with Gasteiger partial charge in [-0.1, -0.05) is 46.0 Å². The molecule has 0 aliphatic rings. The Morgan fingerprint density at radius 1 is 0.962 bits per heavy atom. The maximum Gasteiger partial charge on any atom is 0.417 e. The van der Waals surface area contributed by atoms with E-state index in [1.807, 2.05) is 0 Å². The van der Waals surface area contributed by atoms with Crippen molar-refractivity contribution in [2.45, 2.75) is 12.6 Å². The van der Waals surface area contributed by atoms with E-state index in [1.165, 1.54) is 6.07 Å². The maximum absolute atomic E-state index is 12.9. The molecule has 3 aromatic rings. The zero-order valence-electron chi connectivity index (χ0n) is 12.7. The molecule has 3 rings (SSSR count). The van der Waals surface area contributed by atoms with Gasteiger partial charge < -0.3 is 9.73 Å². The Balaban J connectivity index is 1.79. The number of hydrogen-bond donors (Lipinski definition) is 1. The largest absolute Gasteiger partial charge is 0.417 e. The van der Waals surface area contributed by atoms with E-state index < -0.39 is 16.8 Å². The van der Waals surface area contributed by atoms with E-state index in [1.54, 1.807) is 18.2 Å². The van der Waals surface area contributed by atoms with E-state index in [2.05, 4.69) is 15.5 Å². The van der Waals surface area contributed by atoms with Crippen molar-refractivity contribution in [1.82, 2.24) is 10.2 Å². The van der Waals surface area contributed by atoms with E-state index in [9.17, 15) is 13.2 Å². The molecule has 0 aliphatic carbocycles. The van der Waals surface area contributed by atoms with Crippen LogP contribution in [0.3, 0.4) is 0 Å². The first-order valence-corrected chi connectivity index (χ1v) is 8.26. The van der Waals surface area contributed by atoms with Crippen molar-refractivity contribution in [1.29, 1.82) is 0 Å². The van der Waals surface area contributed by atoms with Crippen molar-refractivity contribution < 1.29 is 17.6 Å². The molecule has 0 amide bonds. The lowest BCUT2D eigenvalue weighted by Gasteiger charge is -2.10. The molecule has 1 N–H and O–H groups in total. The van der Waals surface area contributed by atoms with Gasteiger partial charge in [0.05, 0.1) is 17.0 Å². The van der Waals surface area contributed by atoms with Gasteiger partial charge in [0, 0.05) is 15.7 Å². The van der Waals surface area contributed by atoms with Gasteiger partial charge >= 0.3 is 12.2 Å².